The zero-order valence-electron chi connectivity index (χ0n) is 9.58. The Balaban J connectivity index is 2.01. The first kappa shape index (κ1) is 12.9. The predicted octanol–water partition coefficient (Wildman–Crippen LogP) is 4.08. The van der Waals surface area contributed by atoms with Gasteiger partial charge in [0, 0.05) is 12.7 Å². The Labute approximate surface area is 106 Å². The van der Waals surface area contributed by atoms with Crippen LogP contribution in [0.4, 0.5) is 19.0 Å². The van der Waals surface area contributed by atoms with Crippen LogP contribution in [0, 0.1) is 6.92 Å². The molecule has 0 bridgehead atoms. The largest absolute Gasteiger partial charge is 0.417 e. The van der Waals surface area contributed by atoms with E-state index in [0.29, 0.717) is 12.4 Å². The van der Waals surface area contributed by atoms with Gasteiger partial charge in [-0.3, -0.25) is 0 Å². The number of nitrogens with zero attached hydrogens (tertiary/aromatic N) is 1. The highest BCUT2D eigenvalue weighted by molar-refractivity contribution is 7.08. The van der Waals surface area contributed by atoms with Gasteiger partial charge in [-0.15, -0.1) is 0 Å². The molecule has 2 aromatic heterocycles. The molecule has 0 aliphatic heterocycles. The van der Waals surface area contributed by atoms with Crippen molar-refractivity contribution in [2.24, 2.45) is 0 Å². The summed E-state index contributed by atoms with van der Waals surface area (Å²) in [6, 6.07) is 2.36. The van der Waals surface area contributed by atoms with Crippen LogP contribution in [0.2, 0.25) is 0 Å². The second-order valence-electron chi connectivity index (χ2n) is 3.86. The summed E-state index contributed by atoms with van der Waals surface area (Å²) in [6.07, 6.45) is -3.50. The fourth-order valence-corrected chi connectivity index (χ4v) is 2.28. The number of hydrogen-bond donors (Lipinski definition) is 1. The van der Waals surface area contributed by atoms with Crippen molar-refractivity contribution in [2.75, 3.05) is 5.32 Å². The molecular weight excluding hydrogens is 261 g/mol. The SMILES string of the molecule is Cc1cscc1CNc1ccc(C(F)(F)F)cn1. The summed E-state index contributed by atoms with van der Waals surface area (Å²) in [5.41, 5.74) is 1.56. The quantitative estimate of drug-likeness (QED) is 0.910. The monoisotopic (exact) mass is 272 g/mol. The lowest BCUT2D eigenvalue weighted by molar-refractivity contribution is -0.137. The number of pyridine rings is 1. The minimum atomic E-state index is -4.34. The van der Waals surface area contributed by atoms with Crippen molar-refractivity contribution in [3.8, 4) is 0 Å². The normalized spacial score (nSPS) is 11.6. The van der Waals surface area contributed by atoms with E-state index in [-0.39, 0.29) is 0 Å². The molecule has 0 fully saturated rings. The third-order valence-corrected chi connectivity index (χ3v) is 3.42. The van der Waals surface area contributed by atoms with E-state index in [0.717, 1.165) is 17.8 Å². The number of nitrogens with one attached hydrogen (secondary N) is 1. The van der Waals surface area contributed by atoms with Gasteiger partial charge in [-0.05, 0) is 40.9 Å². The highest BCUT2D eigenvalue weighted by Gasteiger charge is 2.30. The Morgan fingerprint density at radius 1 is 1.28 bits per heavy atom. The molecule has 0 saturated carbocycles. The van der Waals surface area contributed by atoms with Crippen molar-refractivity contribution in [2.45, 2.75) is 19.6 Å². The molecule has 0 aliphatic carbocycles. The Morgan fingerprint density at radius 2 is 2.06 bits per heavy atom. The molecule has 2 heterocycles. The van der Waals surface area contributed by atoms with Crippen molar-refractivity contribution < 1.29 is 13.2 Å². The maximum Gasteiger partial charge on any atom is 0.417 e. The van der Waals surface area contributed by atoms with Gasteiger partial charge in [0.25, 0.3) is 0 Å². The highest BCUT2D eigenvalue weighted by atomic mass is 32.1. The Bertz CT molecular complexity index is 517. The summed E-state index contributed by atoms with van der Waals surface area (Å²) in [5.74, 6) is 0.439. The van der Waals surface area contributed by atoms with Crippen LogP contribution in [0.3, 0.4) is 0 Å². The zero-order valence-corrected chi connectivity index (χ0v) is 10.4. The van der Waals surface area contributed by atoms with Crippen LogP contribution in [0.25, 0.3) is 0 Å². The second-order valence-corrected chi connectivity index (χ2v) is 4.61. The smallest absolute Gasteiger partial charge is 0.366 e. The van der Waals surface area contributed by atoms with Gasteiger partial charge in [0.15, 0.2) is 0 Å². The van der Waals surface area contributed by atoms with Crippen LogP contribution in [-0.4, -0.2) is 4.98 Å². The summed E-state index contributed by atoms with van der Waals surface area (Å²) < 4.78 is 37.0. The van der Waals surface area contributed by atoms with E-state index in [4.69, 9.17) is 0 Å². The van der Waals surface area contributed by atoms with Crippen molar-refractivity contribution in [3.05, 3.63) is 45.8 Å². The molecule has 0 saturated heterocycles. The van der Waals surface area contributed by atoms with Crippen LogP contribution in [0.15, 0.2) is 29.1 Å². The Morgan fingerprint density at radius 3 is 2.56 bits per heavy atom. The lowest BCUT2D eigenvalue weighted by atomic mass is 10.2. The molecule has 0 aliphatic rings. The number of aryl methyl sites for hydroxylation is 1. The molecule has 0 unspecified atom stereocenters. The molecule has 0 radical (unpaired) electrons. The molecular formula is C12H11F3N2S. The average molecular weight is 272 g/mol. The molecule has 1 N–H and O–H groups in total. The molecule has 0 atom stereocenters. The van der Waals surface area contributed by atoms with E-state index in [1.54, 1.807) is 11.3 Å². The number of hydrogen-bond acceptors (Lipinski definition) is 3. The third-order valence-electron chi connectivity index (χ3n) is 2.51. The van der Waals surface area contributed by atoms with Crippen molar-refractivity contribution >= 4 is 17.2 Å². The van der Waals surface area contributed by atoms with Gasteiger partial charge >= 0.3 is 6.18 Å². The minimum Gasteiger partial charge on any atom is -0.366 e. The standard InChI is InChI=1S/C12H11F3N2S/c1-8-6-18-7-9(8)4-16-11-3-2-10(5-17-11)12(13,14)15/h2-3,5-7H,4H2,1H3,(H,16,17). The van der Waals surface area contributed by atoms with Crippen LogP contribution >= 0.6 is 11.3 Å². The number of anilines is 1. The molecule has 2 aromatic rings. The first-order chi connectivity index (χ1) is 8.47. The van der Waals surface area contributed by atoms with E-state index < -0.39 is 11.7 Å². The van der Waals surface area contributed by atoms with Crippen LogP contribution in [0.1, 0.15) is 16.7 Å². The average Bonchev–Trinajstić information content (AvgIpc) is 2.72. The topological polar surface area (TPSA) is 24.9 Å². The predicted molar refractivity (Wildman–Crippen MR) is 65.6 cm³/mol. The van der Waals surface area contributed by atoms with Gasteiger partial charge in [-0.25, -0.2) is 4.98 Å². The third kappa shape index (κ3) is 3.01. The summed E-state index contributed by atoms with van der Waals surface area (Å²) in [4.78, 5) is 3.75. The molecule has 0 aromatic carbocycles. The van der Waals surface area contributed by atoms with E-state index in [1.165, 1.54) is 11.6 Å². The highest BCUT2D eigenvalue weighted by Crippen LogP contribution is 2.28. The summed E-state index contributed by atoms with van der Waals surface area (Å²) in [7, 11) is 0. The van der Waals surface area contributed by atoms with Crippen LogP contribution in [-0.2, 0) is 12.7 Å². The molecule has 6 heteroatoms. The van der Waals surface area contributed by atoms with Crippen molar-refractivity contribution in [1.29, 1.82) is 0 Å². The van der Waals surface area contributed by atoms with Crippen molar-refractivity contribution in [1.82, 2.24) is 4.98 Å². The molecule has 2 nitrogen and oxygen atoms in total. The lowest BCUT2D eigenvalue weighted by Crippen LogP contribution is -2.07. The summed E-state index contributed by atoms with van der Waals surface area (Å²) in [5, 5.41) is 7.03. The van der Waals surface area contributed by atoms with Gasteiger partial charge in [0.05, 0.1) is 5.56 Å². The molecule has 0 spiro atoms. The van der Waals surface area contributed by atoms with Crippen LogP contribution < -0.4 is 5.32 Å². The minimum absolute atomic E-state index is 0.439. The molecule has 96 valence electrons. The van der Waals surface area contributed by atoms with Gasteiger partial charge in [-0.1, -0.05) is 0 Å². The number of thiophene rings is 1. The summed E-state index contributed by atoms with van der Waals surface area (Å²) in [6.45, 7) is 2.56. The second kappa shape index (κ2) is 4.97. The van der Waals surface area contributed by atoms with Gasteiger partial charge in [0.1, 0.15) is 5.82 Å². The van der Waals surface area contributed by atoms with Gasteiger partial charge in [0.2, 0.25) is 0 Å². The Kier molecular flexibility index (Phi) is 3.56. The summed E-state index contributed by atoms with van der Waals surface area (Å²) >= 11 is 1.60. The van der Waals surface area contributed by atoms with E-state index >= 15 is 0 Å². The molecule has 18 heavy (non-hydrogen) atoms. The van der Waals surface area contributed by atoms with E-state index in [9.17, 15) is 13.2 Å². The van der Waals surface area contributed by atoms with Crippen LogP contribution in [0.5, 0.6) is 0 Å². The molecule has 0 amide bonds. The number of halogens is 3. The number of alkyl halides is 3. The maximum atomic E-state index is 12.3. The fraction of sp³-hybridized carbons (Fsp3) is 0.250. The molecule has 2 rings (SSSR count). The van der Waals surface area contributed by atoms with E-state index in [1.807, 2.05) is 17.7 Å². The van der Waals surface area contributed by atoms with Gasteiger partial charge in [-0.2, -0.15) is 24.5 Å². The first-order valence-corrected chi connectivity index (χ1v) is 6.20. The lowest BCUT2D eigenvalue weighted by Gasteiger charge is -2.08. The number of rotatable bonds is 3. The first-order valence-electron chi connectivity index (χ1n) is 5.25. The van der Waals surface area contributed by atoms with E-state index in [2.05, 4.69) is 10.3 Å². The zero-order chi connectivity index (χ0) is 13.2. The Hall–Kier alpha value is -1.56. The number of aromatic nitrogens is 1. The fourth-order valence-electron chi connectivity index (χ4n) is 1.42. The van der Waals surface area contributed by atoms with Crippen molar-refractivity contribution in [3.63, 3.8) is 0 Å². The van der Waals surface area contributed by atoms with Gasteiger partial charge < -0.3 is 5.32 Å². The maximum absolute atomic E-state index is 12.3.